The minimum atomic E-state index is -4.43. The van der Waals surface area contributed by atoms with Crippen LogP contribution in [0, 0.1) is 6.92 Å². The molecule has 4 rings (SSSR count). The van der Waals surface area contributed by atoms with Gasteiger partial charge in [-0.2, -0.15) is 13.2 Å². The largest absolute Gasteiger partial charge is 0.416 e. The van der Waals surface area contributed by atoms with Crippen molar-refractivity contribution in [1.29, 1.82) is 0 Å². The Hall–Kier alpha value is -3.19. The van der Waals surface area contributed by atoms with Crippen LogP contribution in [0.25, 0.3) is 28.7 Å². The van der Waals surface area contributed by atoms with Crippen molar-refractivity contribution in [3.05, 3.63) is 104 Å². The quantitative estimate of drug-likeness (QED) is 0.326. The summed E-state index contributed by atoms with van der Waals surface area (Å²) in [7, 11) is 0. The van der Waals surface area contributed by atoms with Crippen LogP contribution in [0.15, 0.2) is 76.0 Å². The van der Waals surface area contributed by atoms with Gasteiger partial charge in [0.25, 0.3) is 5.56 Å². The number of benzene rings is 3. The van der Waals surface area contributed by atoms with Crippen molar-refractivity contribution in [3.8, 4) is 5.69 Å². The van der Waals surface area contributed by atoms with E-state index in [0.717, 1.165) is 17.7 Å². The van der Waals surface area contributed by atoms with Crippen molar-refractivity contribution >= 4 is 39.0 Å². The van der Waals surface area contributed by atoms with E-state index in [2.05, 4.69) is 20.9 Å². The third-order valence-corrected chi connectivity index (χ3v) is 5.42. The molecule has 0 spiro atoms. The number of alkyl halides is 3. The Morgan fingerprint density at radius 1 is 0.968 bits per heavy atom. The van der Waals surface area contributed by atoms with E-state index in [1.54, 1.807) is 42.5 Å². The van der Waals surface area contributed by atoms with Crippen LogP contribution in [0.5, 0.6) is 0 Å². The first-order valence-corrected chi connectivity index (χ1v) is 10.2. The van der Waals surface area contributed by atoms with Crippen LogP contribution >= 0.6 is 15.9 Å². The minimum Gasteiger partial charge on any atom is -0.268 e. The Balaban J connectivity index is 1.91. The van der Waals surface area contributed by atoms with Gasteiger partial charge in [-0.15, -0.1) is 0 Å². The SMILES string of the molecule is Cc1ccc(-n2c(/C=C\c3cccc(C(F)(F)F)c3)nc3ccccc3c2=O)c(Br)c1. The monoisotopic (exact) mass is 484 g/mol. The van der Waals surface area contributed by atoms with Crippen LogP contribution in [0.1, 0.15) is 22.5 Å². The highest BCUT2D eigenvalue weighted by atomic mass is 79.9. The zero-order valence-corrected chi connectivity index (χ0v) is 17.9. The zero-order valence-electron chi connectivity index (χ0n) is 16.3. The van der Waals surface area contributed by atoms with Gasteiger partial charge in [-0.1, -0.05) is 36.4 Å². The van der Waals surface area contributed by atoms with E-state index in [9.17, 15) is 18.0 Å². The molecule has 1 heterocycles. The average Bonchev–Trinajstić information content (AvgIpc) is 2.73. The van der Waals surface area contributed by atoms with Crippen molar-refractivity contribution < 1.29 is 13.2 Å². The lowest BCUT2D eigenvalue weighted by Crippen LogP contribution is -2.22. The highest BCUT2D eigenvalue weighted by molar-refractivity contribution is 9.10. The Morgan fingerprint density at radius 3 is 2.48 bits per heavy atom. The Bertz CT molecular complexity index is 1370. The molecule has 0 aliphatic carbocycles. The van der Waals surface area contributed by atoms with Gasteiger partial charge in [0.1, 0.15) is 5.82 Å². The molecule has 0 amide bonds. The first-order chi connectivity index (χ1) is 14.7. The number of halogens is 4. The molecule has 0 atom stereocenters. The molecule has 0 saturated carbocycles. The summed E-state index contributed by atoms with van der Waals surface area (Å²) in [6.45, 7) is 1.93. The Kier molecular flexibility index (Phi) is 5.54. The van der Waals surface area contributed by atoms with Gasteiger partial charge in [0, 0.05) is 4.47 Å². The molecule has 0 N–H and O–H groups in total. The van der Waals surface area contributed by atoms with E-state index in [1.807, 2.05) is 19.1 Å². The summed E-state index contributed by atoms with van der Waals surface area (Å²) < 4.78 is 41.3. The lowest BCUT2D eigenvalue weighted by molar-refractivity contribution is -0.137. The number of hydrogen-bond donors (Lipinski definition) is 0. The average molecular weight is 485 g/mol. The standard InChI is InChI=1S/C24H16BrF3N2O/c1-15-9-11-21(19(25)13-15)30-22(29-20-8-3-2-7-18(20)23(30)31)12-10-16-5-4-6-17(14-16)24(26,27)28/h2-14H,1H3/b12-10-. The van der Waals surface area contributed by atoms with Gasteiger partial charge >= 0.3 is 6.18 Å². The van der Waals surface area contributed by atoms with Gasteiger partial charge in [-0.05, 0) is 76.5 Å². The number of nitrogens with zero attached hydrogens (tertiary/aromatic N) is 2. The van der Waals surface area contributed by atoms with Crippen LogP contribution in [0.2, 0.25) is 0 Å². The minimum absolute atomic E-state index is 0.265. The van der Waals surface area contributed by atoms with Gasteiger partial charge in [0.15, 0.2) is 0 Å². The second kappa shape index (κ2) is 8.15. The maximum atomic E-state index is 13.3. The second-order valence-electron chi connectivity index (χ2n) is 7.04. The third-order valence-electron chi connectivity index (χ3n) is 4.78. The van der Waals surface area contributed by atoms with E-state index in [0.29, 0.717) is 32.5 Å². The first kappa shape index (κ1) is 21.1. The summed E-state index contributed by atoms with van der Waals surface area (Å²) in [5.74, 6) is 0.311. The van der Waals surface area contributed by atoms with Crippen LogP contribution < -0.4 is 5.56 Å². The first-order valence-electron chi connectivity index (χ1n) is 9.38. The van der Waals surface area contributed by atoms with Crippen molar-refractivity contribution in [2.24, 2.45) is 0 Å². The molecule has 3 nitrogen and oxygen atoms in total. The normalized spacial score (nSPS) is 12.0. The predicted molar refractivity (Wildman–Crippen MR) is 120 cm³/mol. The topological polar surface area (TPSA) is 34.9 Å². The molecule has 7 heteroatoms. The lowest BCUT2D eigenvalue weighted by atomic mass is 10.1. The molecule has 4 aromatic rings. The maximum absolute atomic E-state index is 13.3. The smallest absolute Gasteiger partial charge is 0.268 e. The van der Waals surface area contributed by atoms with Crippen LogP contribution in [0.4, 0.5) is 13.2 Å². The number of hydrogen-bond acceptors (Lipinski definition) is 2. The summed E-state index contributed by atoms with van der Waals surface area (Å²) in [5.41, 5.74) is 1.47. The van der Waals surface area contributed by atoms with Crippen LogP contribution in [-0.2, 0) is 6.18 Å². The lowest BCUT2D eigenvalue weighted by Gasteiger charge is -2.13. The third kappa shape index (κ3) is 4.32. The van der Waals surface area contributed by atoms with Gasteiger partial charge in [-0.3, -0.25) is 9.36 Å². The van der Waals surface area contributed by atoms with E-state index in [-0.39, 0.29) is 5.56 Å². The molecular formula is C24H16BrF3N2O. The maximum Gasteiger partial charge on any atom is 0.416 e. The molecule has 0 saturated heterocycles. The number of rotatable bonds is 3. The van der Waals surface area contributed by atoms with E-state index >= 15 is 0 Å². The number of aromatic nitrogens is 2. The highest BCUT2D eigenvalue weighted by Crippen LogP contribution is 2.30. The van der Waals surface area contributed by atoms with E-state index in [4.69, 9.17) is 0 Å². The summed E-state index contributed by atoms with van der Waals surface area (Å²) in [5, 5.41) is 0.450. The number of fused-ring (bicyclic) bond motifs is 1. The summed E-state index contributed by atoms with van der Waals surface area (Å²) in [6.07, 6.45) is -1.36. The fourth-order valence-corrected chi connectivity index (χ4v) is 3.95. The van der Waals surface area contributed by atoms with Crippen molar-refractivity contribution in [3.63, 3.8) is 0 Å². The van der Waals surface area contributed by atoms with Gasteiger partial charge in [0.2, 0.25) is 0 Å². The molecule has 0 bridgehead atoms. The van der Waals surface area contributed by atoms with Crippen molar-refractivity contribution in [1.82, 2.24) is 9.55 Å². The highest BCUT2D eigenvalue weighted by Gasteiger charge is 2.30. The molecule has 3 aromatic carbocycles. The fourth-order valence-electron chi connectivity index (χ4n) is 3.28. The van der Waals surface area contributed by atoms with Crippen LogP contribution in [-0.4, -0.2) is 9.55 Å². The molecule has 0 unspecified atom stereocenters. The van der Waals surface area contributed by atoms with E-state index < -0.39 is 11.7 Å². The van der Waals surface area contributed by atoms with Gasteiger partial charge in [-0.25, -0.2) is 4.98 Å². The fraction of sp³-hybridized carbons (Fsp3) is 0.0833. The summed E-state index contributed by atoms with van der Waals surface area (Å²) >= 11 is 3.51. The Labute approximate surface area is 184 Å². The van der Waals surface area contributed by atoms with Gasteiger partial charge in [0.05, 0.1) is 22.2 Å². The molecule has 0 aliphatic heterocycles. The molecule has 0 fully saturated rings. The number of aryl methyl sites for hydroxylation is 1. The molecule has 0 radical (unpaired) electrons. The summed E-state index contributed by atoms with van der Waals surface area (Å²) in [4.78, 5) is 17.9. The molecule has 31 heavy (non-hydrogen) atoms. The summed E-state index contributed by atoms with van der Waals surface area (Å²) in [6, 6.07) is 17.5. The van der Waals surface area contributed by atoms with Crippen molar-refractivity contribution in [2.45, 2.75) is 13.1 Å². The van der Waals surface area contributed by atoms with Crippen LogP contribution in [0.3, 0.4) is 0 Å². The van der Waals surface area contributed by atoms with Gasteiger partial charge < -0.3 is 0 Å². The molecule has 1 aromatic heterocycles. The molecule has 156 valence electrons. The second-order valence-corrected chi connectivity index (χ2v) is 7.89. The number of para-hydroxylation sites is 1. The van der Waals surface area contributed by atoms with E-state index in [1.165, 1.54) is 16.7 Å². The molecular weight excluding hydrogens is 469 g/mol. The predicted octanol–water partition coefficient (Wildman–Crippen LogP) is 6.65. The molecule has 0 aliphatic rings. The zero-order chi connectivity index (χ0) is 22.2. The van der Waals surface area contributed by atoms with Crippen molar-refractivity contribution in [2.75, 3.05) is 0 Å². The Morgan fingerprint density at radius 2 is 1.74 bits per heavy atom.